The first-order valence-corrected chi connectivity index (χ1v) is 6.47. The molecule has 0 aromatic heterocycles. The Balaban J connectivity index is 2.30. The maximum atomic E-state index is 13.3. The minimum Gasteiger partial charge on any atom is -0.329 e. The second-order valence-corrected chi connectivity index (χ2v) is 4.92. The first-order valence-electron chi connectivity index (χ1n) is 6.47. The van der Waals surface area contributed by atoms with Gasteiger partial charge in [0.15, 0.2) is 0 Å². The topological polar surface area (TPSA) is 66.5 Å². The Bertz CT molecular complexity index is 627. The van der Waals surface area contributed by atoms with Gasteiger partial charge in [0.2, 0.25) is 12.3 Å². The highest BCUT2D eigenvalue weighted by Gasteiger charge is 2.33. The molecule has 0 bridgehead atoms. The van der Waals surface area contributed by atoms with Gasteiger partial charge in [0.05, 0.1) is 0 Å². The summed E-state index contributed by atoms with van der Waals surface area (Å²) in [5.41, 5.74) is 1.16. The lowest BCUT2D eigenvalue weighted by molar-refractivity contribution is -0.131. The SMILES string of the molecule is C=C1CCC(N(C=O)C(=O)c2cc(F)ccc2C)C(=O)N1. The smallest absolute Gasteiger partial charge is 0.261 e. The number of hydrogen-bond acceptors (Lipinski definition) is 3. The van der Waals surface area contributed by atoms with E-state index in [1.54, 1.807) is 6.92 Å². The maximum absolute atomic E-state index is 13.3. The zero-order valence-corrected chi connectivity index (χ0v) is 11.6. The molecular weight excluding hydrogens is 275 g/mol. The van der Waals surface area contributed by atoms with Crippen LogP contribution in [0.5, 0.6) is 0 Å². The number of nitrogens with zero attached hydrogens (tertiary/aromatic N) is 1. The molecule has 0 saturated carbocycles. The largest absolute Gasteiger partial charge is 0.329 e. The van der Waals surface area contributed by atoms with Crippen LogP contribution in [0.4, 0.5) is 4.39 Å². The van der Waals surface area contributed by atoms with Crippen molar-refractivity contribution in [1.82, 2.24) is 10.2 Å². The summed E-state index contributed by atoms with van der Waals surface area (Å²) in [6.07, 6.45) is 1.10. The van der Waals surface area contributed by atoms with Crippen molar-refractivity contribution in [2.45, 2.75) is 25.8 Å². The van der Waals surface area contributed by atoms with Gasteiger partial charge in [-0.3, -0.25) is 19.3 Å². The van der Waals surface area contributed by atoms with Crippen LogP contribution < -0.4 is 5.32 Å². The van der Waals surface area contributed by atoms with Gasteiger partial charge in [0.1, 0.15) is 11.9 Å². The van der Waals surface area contributed by atoms with Gasteiger partial charge in [-0.2, -0.15) is 0 Å². The third-order valence-corrected chi connectivity index (χ3v) is 3.44. The number of carbonyl (C=O) groups excluding carboxylic acids is 3. The summed E-state index contributed by atoms with van der Waals surface area (Å²) in [7, 11) is 0. The number of hydrogen-bond donors (Lipinski definition) is 1. The molecule has 1 aliphatic rings. The quantitative estimate of drug-likeness (QED) is 0.858. The zero-order chi connectivity index (χ0) is 15.6. The Labute approximate surface area is 121 Å². The van der Waals surface area contributed by atoms with Crippen LogP contribution >= 0.6 is 0 Å². The van der Waals surface area contributed by atoms with E-state index < -0.39 is 23.7 Å². The van der Waals surface area contributed by atoms with E-state index >= 15 is 0 Å². The van der Waals surface area contributed by atoms with E-state index in [1.807, 2.05) is 0 Å². The van der Waals surface area contributed by atoms with Crippen molar-refractivity contribution in [3.05, 3.63) is 47.4 Å². The van der Waals surface area contributed by atoms with Gasteiger partial charge in [0.25, 0.3) is 5.91 Å². The lowest BCUT2D eigenvalue weighted by atomic mass is 10.0. The lowest BCUT2D eigenvalue weighted by Gasteiger charge is -2.30. The molecule has 2 rings (SSSR count). The molecule has 1 N–H and O–H groups in total. The molecule has 3 amide bonds. The average molecular weight is 290 g/mol. The van der Waals surface area contributed by atoms with Crippen molar-refractivity contribution in [3.8, 4) is 0 Å². The van der Waals surface area contributed by atoms with Gasteiger partial charge in [-0.1, -0.05) is 12.6 Å². The number of amides is 3. The zero-order valence-electron chi connectivity index (χ0n) is 11.6. The molecule has 0 aliphatic carbocycles. The Hall–Kier alpha value is -2.50. The predicted octanol–water partition coefficient (Wildman–Crippen LogP) is 1.53. The van der Waals surface area contributed by atoms with Gasteiger partial charge in [-0.05, 0) is 37.5 Å². The number of allylic oxidation sites excluding steroid dienone is 1. The number of nitrogens with one attached hydrogen (secondary N) is 1. The van der Waals surface area contributed by atoms with Gasteiger partial charge in [0, 0.05) is 11.3 Å². The monoisotopic (exact) mass is 290 g/mol. The third-order valence-electron chi connectivity index (χ3n) is 3.44. The second-order valence-electron chi connectivity index (χ2n) is 4.92. The summed E-state index contributed by atoms with van der Waals surface area (Å²) in [6, 6.07) is 2.85. The molecule has 21 heavy (non-hydrogen) atoms. The van der Waals surface area contributed by atoms with Gasteiger partial charge in [-0.25, -0.2) is 4.39 Å². The third kappa shape index (κ3) is 2.99. The van der Waals surface area contributed by atoms with Gasteiger partial charge < -0.3 is 5.32 Å². The van der Waals surface area contributed by atoms with Crippen LogP contribution in [0.3, 0.4) is 0 Å². The number of imide groups is 1. The van der Waals surface area contributed by atoms with Gasteiger partial charge in [-0.15, -0.1) is 0 Å². The summed E-state index contributed by atoms with van der Waals surface area (Å²) >= 11 is 0. The van der Waals surface area contributed by atoms with E-state index in [0.717, 1.165) is 11.0 Å². The van der Waals surface area contributed by atoms with E-state index in [-0.39, 0.29) is 5.56 Å². The Morgan fingerprint density at radius 3 is 2.86 bits per heavy atom. The molecule has 1 saturated heterocycles. The highest BCUT2D eigenvalue weighted by Crippen LogP contribution is 2.19. The summed E-state index contributed by atoms with van der Waals surface area (Å²) in [5.74, 6) is -1.72. The Kier molecular flexibility index (Phi) is 4.16. The van der Waals surface area contributed by atoms with Crippen molar-refractivity contribution in [2.75, 3.05) is 0 Å². The maximum Gasteiger partial charge on any atom is 0.261 e. The Morgan fingerprint density at radius 2 is 2.24 bits per heavy atom. The summed E-state index contributed by atoms with van der Waals surface area (Å²) < 4.78 is 13.3. The molecule has 1 aromatic carbocycles. The van der Waals surface area contributed by atoms with Gasteiger partial charge >= 0.3 is 0 Å². The first-order chi connectivity index (χ1) is 9.93. The molecule has 1 fully saturated rings. The first kappa shape index (κ1) is 14.9. The number of carbonyl (C=O) groups is 3. The van der Waals surface area contributed by atoms with Crippen molar-refractivity contribution in [1.29, 1.82) is 0 Å². The number of halogens is 1. The van der Waals surface area contributed by atoms with Crippen molar-refractivity contribution in [2.24, 2.45) is 0 Å². The van der Waals surface area contributed by atoms with Crippen molar-refractivity contribution < 1.29 is 18.8 Å². The molecule has 1 atom stereocenters. The van der Waals surface area contributed by atoms with E-state index in [2.05, 4.69) is 11.9 Å². The number of rotatable bonds is 3. The van der Waals surface area contributed by atoms with Crippen LogP contribution in [-0.2, 0) is 9.59 Å². The van der Waals surface area contributed by atoms with E-state index in [4.69, 9.17) is 0 Å². The molecule has 6 heteroatoms. The molecule has 1 aliphatic heterocycles. The van der Waals surface area contributed by atoms with E-state index in [1.165, 1.54) is 12.1 Å². The van der Waals surface area contributed by atoms with Crippen LogP contribution in [-0.4, -0.2) is 29.2 Å². The standard InChI is InChI=1S/C15H15FN2O3/c1-9-3-5-11(16)7-12(9)15(21)18(8-19)13-6-4-10(2)17-14(13)20/h3,5,7-8,13H,2,4,6H2,1H3,(H,17,20). The fraction of sp³-hybridized carbons (Fsp3) is 0.267. The number of piperidine rings is 1. The predicted molar refractivity (Wildman–Crippen MR) is 73.7 cm³/mol. The molecule has 5 nitrogen and oxygen atoms in total. The van der Waals surface area contributed by atoms with Crippen LogP contribution in [0.2, 0.25) is 0 Å². The van der Waals surface area contributed by atoms with E-state index in [0.29, 0.717) is 30.5 Å². The normalized spacial score (nSPS) is 18.1. The molecule has 1 unspecified atom stereocenters. The highest BCUT2D eigenvalue weighted by atomic mass is 19.1. The highest BCUT2D eigenvalue weighted by molar-refractivity contribution is 6.04. The molecule has 0 spiro atoms. The van der Waals surface area contributed by atoms with E-state index in [9.17, 15) is 18.8 Å². The molecule has 0 radical (unpaired) electrons. The fourth-order valence-electron chi connectivity index (χ4n) is 2.25. The minimum absolute atomic E-state index is 0.0688. The number of aryl methyl sites for hydroxylation is 1. The second kappa shape index (κ2) is 5.87. The summed E-state index contributed by atoms with van der Waals surface area (Å²) in [4.78, 5) is 36.4. The minimum atomic E-state index is -0.900. The lowest BCUT2D eigenvalue weighted by Crippen LogP contribution is -2.51. The molecule has 1 aromatic rings. The fourth-order valence-corrected chi connectivity index (χ4v) is 2.25. The van der Waals surface area contributed by atoms with Crippen LogP contribution in [0, 0.1) is 12.7 Å². The Morgan fingerprint density at radius 1 is 1.52 bits per heavy atom. The van der Waals surface area contributed by atoms with Crippen molar-refractivity contribution in [3.63, 3.8) is 0 Å². The molecule has 1 heterocycles. The average Bonchev–Trinajstić information content (AvgIpc) is 2.44. The molecule has 110 valence electrons. The number of benzene rings is 1. The van der Waals surface area contributed by atoms with Crippen LogP contribution in [0.1, 0.15) is 28.8 Å². The van der Waals surface area contributed by atoms with Crippen molar-refractivity contribution >= 4 is 18.2 Å². The molecular formula is C15H15FN2O3. The summed E-state index contributed by atoms with van der Waals surface area (Å²) in [6.45, 7) is 5.28. The van der Waals surface area contributed by atoms with Crippen LogP contribution in [0.15, 0.2) is 30.5 Å². The van der Waals surface area contributed by atoms with Crippen LogP contribution in [0.25, 0.3) is 0 Å². The summed E-state index contributed by atoms with van der Waals surface area (Å²) in [5, 5.41) is 2.52.